The normalized spacial score (nSPS) is 12.7. The molecule has 0 spiro atoms. The van der Waals surface area contributed by atoms with E-state index >= 15 is 0 Å². The maximum Gasteiger partial charge on any atom is 0.573 e. The van der Waals surface area contributed by atoms with Crippen LogP contribution in [0.15, 0.2) is 36.4 Å². The van der Waals surface area contributed by atoms with Crippen molar-refractivity contribution >= 4 is 10.8 Å². The standard InChI is InChI=1S/C15H15F3O/c1-14(2,3)11-7-8-12-10(9-11)5-4-6-13(12)19-15(16,17)18/h4-9H,1-3H3. The molecule has 0 aliphatic rings. The second-order valence-corrected chi connectivity index (χ2v) is 5.49. The van der Waals surface area contributed by atoms with E-state index in [0.717, 1.165) is 10.9 Å². The Kier molecular flexibility index (Phi) is 3.20. The topological polar surface area (TPSA) is 9.23 Å². The van der Waals surface area contributed by atoms with Crippen LogP contribution in [0.2, 0.25) is 0 Å². The minimum absolute atomic E-state index is 0.0465. The quantitative estimate of drug-likeness (QED) is 0.704. The minimum atomic E-state index is -4.67. The van der Waals surface area contributed by atoms with Gasteiger partial charge in [-0.3, -0.25) is 0 Å². The molecule has 19 heavy (non-hydrogen) atoms. The van der Waals surface area contributed by atoms with Crippen LogP contribution in [0.25, 0.3) is 10.8 Å². The predicted octanol–water partition coefficient (Wildman–Crippen LogP) is 5.04. The highest BCUT2D eigenvalue weighted by Crippen LogP contribution is 2.33. The zero-order valence-electron chi connectivity index (χ0n) is 11.0. The van der Waals surface area contributed by atoms with Crippen LogP contribution in [0.3, 0.4) is 0 Å². The first-order valence-corrected chi connectivity index (χ1v) is 5.96. The van der Waals surface area contributed by atoms with E-state index in [0.29, 0.717) is 5.39 Å². The number of rotatable bonds is 1. The van der Waals surface area contributed by atoms with Crippen LogP contribution >= 0.6 is 0 Å². The summed E-state index contributed by atoms with van der Waals surface area (Å²) >= 11 is 0. The highest BCUT2D eigenvalue weighted by Gasteiger charge is 2.31. The molecule has 2 aromatic rings. The molecule has 2 rings (SSSR count). The average Bonchev–Trinajstić information content (AvgIpc) is 2.25. The van der Waals surface area contributed by atoms with Crippen LogP contribution < -0.4 is 4.74 Å². The van der Waals surface area contributed by atoms with Crippen molar-refractivity contribution in [1.82, 2.24) is 0 Å². The molecule has 2 aromatic carbocycles. The molecule has 0 saturated carbocycles. The van der Waals surface area contributed by atoms with Crippen molar-refractivity contribution in [3.05, 3.63) is 42.0 Å². The zero-order chi connectivity index (χ0) is 14.3. The molecule has 0 saturated heterocycles. The third kappa shape index (κ3) is 3.19. The number of halogens is 3. The van der Waals surface area contributed by atoms with Crippen LogP contribution in [0.4, 0.5) is 13.2 Å². The molecule has 0 heterocycles. The van der Waals surface area contributed by atoms with Gasteiger partial charge in [-0.2, -0.15) is 0 Å². The number of alkyl halides is 3. The fourth-order valence-corrected chi connectivity index (χ4v) is 1.93. The fourth-order valence-electron chi connectivity index (χ4n) is 1.93. The molecular weight excluding hydrogens is 253 g/mol. The Balaban J connectivity index is 2.53. The van der Waals surface area contributed by atoms with E-state index in [1.807, 2.05) is 12.1 Å². The highest BCUT2D eigenvalue weighted by atomic mass is 19.4. The Bertz CT molecular complexity index is 594. The summed E-state index contributed by atoms with van der Waals surface area (Å²) in [4.78, 5) is 0. The largest absolute Gasteiger partial charge is 0.573 e. The van der Waals surface area contributed by atoms with Gasteiger partial charge in [-0.15, -0.1) is 13.2 Å². The molecule has 0 radical (unpaired) electrons. The Hall–Kier alpha value is -1.71. The molecule has 4 heteroatoms. The molecule has 0 aliphatic carbocycles. The van der Waals surface area contributed by atoms with E-state index in [1.165, 1.54) is 6.07 Å². The highest BCUT2D eigenvalue weighted by molar-refractivity contribution is 5.89. The second-order valence-electron chi connectivity index (χ2n) is 5.49. The van der Waals surface area contributed by atoms with Crippen molar-refractivity contribution < 1.29 is 17.9 Å². The average molecular weight is 268 g/mol. The summed E-state index contributed by atoms with van der Waals surface area (Å²) in [7, 11) is 0. The van der Waals surface area contributed by atoms with Gasteiger partial charge in [0, 0.05) is 5.39 Å². The Morgan fingerprint density at radius 1 is 0.947 bits per heavy atom. The van der Waals surface area contributed by atoms with Gasteiger partial charge in [-0.05, 0) is 22.4 Å². The smallest absolute Gasteiger partial charge is 0.405 e. The Labute approximate surface area is 110 Å². The molecule has 0 bridgehead atoms. The molecule has 0 atom stereocenters. The van der Waals surface area contributed by atoms with E-state index in [-0.39, 0.29) is 11.2 Å². The van der Waals surface area contributed by atoms with Gasteiger partial charge in [0.2, 0.25) is 0 Å². The van der Waals surface area contributed by atoms with Gasteiger partial charge in [0.1, 0.15) is 5.75 Å². The Morgan fingerprint density at radius 3 is 2.21 bits per heavy atom. The number of hydrogen-bond acceptors (Lipinski definition) is 1. The van der Waals surface area contributed by atoms with E-state index in [9.17, 15) is 13.2 Å². The lowest BCUT2D eigenvalue weighted by molar-refractivity contribution is -0.274. The molecule has 0 unspecified atom stereocenters. The molecule has 1 nitrogen and oxygen atoms in total. The second kappa shape index (κ2) is 4.44. The van der Waals surface area contributed by atoms with Crippen LogP contribution in [-0.4, -0.2) is 6.36 Å². The third-order valence-electron chi connectivity index (χ3n) is 2.93. The minimum Gasteiger partial charge on any atom is -0.405 e. The van der Waals surface area contributed by atoms with E-state index in [4.69, 9.17) is 0 Å². The summed E-state index contributed by atoms with van der Waals surface area (Å²) in [6.45, 7) is 6.18. The van der Waals surface area contributed by atoms with Gasteiger partial charge >= 0.3 is 6.36 Å². The molecular formula is C15H15F3O. The van der Waals surface area contributed by atoms with Crippen molar-refractivity contribution in [3.63, 3.8) is 0 Å². The monoisotopic (exact) mass is 268 g/mol. The molecule has 0 fully saturated rings. The van der Waals surface area contributed by atoms with Gasteiger partial charge in [-0.25, -0.2) is 0 Å². The van der Waals surface area contributed by atoms with Crippen LogP contribution in [0, 0.1) is 0 Å². The summed E-state index contributed by atoms with van der Waals surface area (Å²) in [5.41, 5.74) is 1.03. The molecule has 0 aromatic heterocycles. The first kappa shape index (κ1) is 13.7. The van der Waals surface area contributed by atoms with Crippen molar-refractivity contribution in [3.8, 4) is 5.75 Å². The van der Waals surface area contributed by atoms with Crippen LogP contribution in [0.1, 0.15) is 26.3 Å². The Morgan fingerprint density at radius 2 is 1.63 bits per heavy atom. The van der Waals surface area contributed by atoms with E-state index in [1.54, 1.807) is 18.2 Å². The maximum atomic E-state index is 12.3. The van der Waals surface area contributed by atoms with Gasteiger partial charge in [0.25, 0.3) is 0 Å². The van der Waals surface area contributed by atoms with Crippen LogP contribution in [-0.2, 0) is 5.41 Å². The number of benzene rings is 2. The summed E-state index contributed by atoms with van der Waals surface area (Å²) in [5.74, 6) is -0.162. The molecule has 0 N–H and O–H groups in total. The summed E-state index contributed by atoms with van der Waals surface area (Å²) < 4.78 is 41.0. The van der Waals surface area contributed by atoms with Crippen molar-refractivity contribution in [2.24, 2.45) is 0 Å². The van der Waals surface area contributed by atoms with Gasteiger partial charge in [-0.1, -0.05) is 51.1 Å². The van der Waals surface area contributed by atoms with Gasteiger partial charge < -0.3 is 4.74 Å². The lowest BCUT2D eigenvalue weighted by Gasteiger charge is -2.20. The number of fused-ring (bicyclic) bond motifs is 1. The fraction of sp³-hybridized carbons (Fsp3) is 0.333. The zero-order valence-corrected chi connectivity index (χ0v) is 11.0. The maximum absolute atomic E-state index is 12.3. The summed E-state index contributed by atoms with van der Waals surface area (Å²) in [5, 5.41) is 1.21. The SMILES string of the molecule is CC(C)(C)c1ccc2c(OC(F)(F)F)cccc2c1. The predicted molar refractivity (Wildman–Crippen MR) is 69.3 cm³/mol. The molecule has 0 amide bonds. The van der Waals surface area contributed by atoms with E-state index < -0.39 is 6.36 Å². The lowest BCUT2D eigenvalue weighted by Crippen LogP contribution is -2.17. The first-order chi connectivity index (χ1) is 8.67. The first-order valence-electron chi connectivity index (χ1n) is 5.96. The molecule has 102 valence electrons. The van der Waals surface area contributed by atoms with E-state index in [2.05, 4.69) is 25.5 Å². The summed E-state index contributed by atoms with van der Waals surface area (Å²) in [6, 6.07) is 10.1. The summed E-state index contributed by atoms with van der Waals surface area (Å²) in [6.07, 6.45) is -4.67. The third-order valence-corrected chi connectivity index (χ3v) is 2.93. The number of hydrogen-bond donors (Lipinski definition) is 0. The van der Waals surface area contributed by atoms with Gasteiger partial charge in [0.15, 0.2) is 0 Å². The number of ether oxygens (including phenoxy) is 1. The lowest BCUT2D eigenvalue weighted by atomic mass is 9.86. The van der Waals surface area contributed by atoms with Crippen molar-refractivity contribution in [1.29, 1.82) is 0 Å². The van der Waals surface area contributed by atoms with Crippen molar-refractivity contribution in [2.75, 3.05) is 0 Å². The van der Waals surface area contributed by atoms with Crippen molar-refractivity contribution in [2.45, 2.75) is 32.5 Å². The molecule has 0 aliphatic heterocycles. The van der Waals surface area contributed by atoms with Gasteiger partial charge in [0.05, 0.1) is 0 Å². The van der Waals surface area contributed by atoms with Crippen LogP contribution in [0.5, 0.6) is 5.75 Å².